The summed E-state index contributed by atoms with van der Waals surface area (Å²) in [6.07, 6.45) is 3.28. The fourth-order valence-corrected chi connectivity index (χ4v) is 3.59. The Morgan fingerprint density at radius 3 is 1.81 bits per heavy atom. The van der Waals surface area contributed by atoms with E-state index in [1.54, 1.807) is 0 Å². The molecule has 1 nitrogen and oxygen atoms in total. The molecular formula is C26H29N. The fourth-order valence-electron chi connectivity index (χ4n) is 3.59. The maximum absolute atomic E-state index is 3.22. The van der Waals surface area contributed by atoms with Crippen LogP contribution in [-0.2, 0) is 6.42 Å². The Morgan fingerprint density at radius 2 is 1.26 bits per heavy atom. The molecule has 1 heteroatoms. The number of hydrogen-bond acceptors (Lipinski definition) is 1. The molecule has 0 heterocycles. The fraction of sp³-hybridized carbons (Fsp3) is 0.231. The molecule has 1 N–H and O–H groups in total. The summed E-state index contributed by atoms with van der Waals surface area (Å²) in [6.45, 7) is 3.31. The molecule has 0 saturated carbocycles. The van der Waals surface area contributed by atoms with Crippen LogP contribution < -0.4 is 5.32 Å². The highest BCUT2D eigenvalue weighted by atomic mass is 14.8. The van der Waals surface area contributed by atoms with Crippen molar-refractivity contribution in [2.45, 2.75) is 26.2 Å². The first-order valence-electron chi connectivity index (χ1n) is 9.91. The molecule has 3 aromatic rings. The minimum absolute atomic E-state index is 0.998. The molecule has 138 valence electrons. The molecule has 0 aliphatic carbocycles. The van der Waals surface area contributed by atoms with Crippen LogP contribution in [0.2, 0.25) is 0 Å². The van der Waals surface area contributed by atoms with Crippen LogP contribution in [0.25, 0.3) is 11.1 Å². The number of nitrogens with one attached hydrogen (secondary N) is 1. The molecule has 0 saturated heterocycles. The van der Waals surface area contributed by atoms with Gasteiger partial charge >= 0.3 is 0 Å². The molecule has 0 fully saturated rings. The molecule has 0 aliphatic heterocycles. The standard InChI is InChI=1S/C26H29N/c1-3-25(22-12-6-4-7-13-22)26(23-14-8-5-9-15-23)24-18-16-21(17-19-24)11-10-20-27-2/h4-9,12-19,27H,3,10-11,20H2,1-2H3/b26-25-. The molecular weight excluding hydrogens is 326 g/mol. The summed E-state index contributed by atoms with van der Waals surface area (Å²) >= 11 is 0. The van der Waals surface area contributed by atoms with Gasteiger partial charge < -0.3 is 5.32 Å². The summed E-state index contributed by atoms with van der Waals surface area (Å²) < 4.78 is 0. The summed E-state index contributed by atoms with van der Waals surface area (Å²) in [7, 11) is 2.01. The average Bonchev–Trinajstić information content (AvgIpc) is 2.74. The lowest BCUT2D eigenvalue weighted by atomic mass is 9.88. The van der Waals surface area contributed by atoms with E-state index in [4.69, 9.17) is 0 Å². The maximum atomic E-state index is 3.22. The number of benzene rings is 3. The summed E-state index contributed by atoms with van der Waals surface area (Å²) in [5.74, 6) is 0. The zero-order valence-corrected chi connectivity index (χ0v) is 16.4. The van der Waals surface area contributed by atoms with Gasteiger partial charge in [-0.15, -0.1) is 0 Å². The van der Waals surface area contributed by atoms with Gasteiger partial charge in [0.2, 0.25) is 0 Å². The van der Waals surface area contributed by atoms with Crippen LogP contribution in [0.1, 0.15) is 42.0 Å². The van der Waals surface area contributed by atoms with Crippen LogP contribution in [0.3, 0.4) is 0 Å². The molecule has 0 atom stereocenters. The van der Waals surface area contributed by atoms with Gasteiger partial charge in [-0.25, -0.2) is 0 Å². The van der Waals surface area contributed by atoms with Gasteiger partial charge in [0.15, 0.2) is 0 Å². The van der Waals surface area contributed by atoms with Crippen LogP contribution in [0.15, 0.2) is 84.9 Å². The number of aryl methyl sites for hydroxylation is 1. The van der Waals surface area contributed by atoms with Crippen molar-refractivity contribution in [1.82, 2.24) is 5.32 Å². The third-order valence-electron chi connectivity index (χ3n) is 4.97. The van der Waals surface area contributed by atoms with Gasteiger partial charge in [-0.1, -0.05) is 91.9 Å². The Morgan fingerprint density at radius 1 is 0.704 bits per heavy atom. The van der Waals surface area contributed by atoms with E-state index in [0.717, 1.165) is 19.4 Å². The molecule has 3 aromatic carbocycles. The molecule has 3 rings (SSSR count). The molecule has 0 unspecified atom stereocenters. The smallest absolute Gasteiger partial charge is 0.00488 e. The van der Waals surface area contributed by atoms with Gasteiger partial charge in [0.05, 0.1) is 0 Å². The van der Waals surface area contributed by atoms with Crippen molar-refractivity contribution < 1.29 is 0 Å². The van der Waals surface area contributed by atoms with E-state index in [0.29, 0.717) is 0 Å². The van der Waals surface area contributed by atoms with E-state index in [1.807, 2.05) is 7.05 Å². The Bertz CT molecular complexity index is 846. The number of rotatable bonds is 8. The second-order valence-electron chi connectivity index (χ2n) is 6.84. The largest absolute Gasteiger partial charge is 0.320 e. The van der Waals surface area contributed by atoms with E-state index in [-0.39, 0.29) is 0 Å². The first kappa shape index (κ1) is 19.1. The lowest BCUT2D eigenvalue weighted by Crippen LogP contribution is -2.08. The Balaban J connectivity index is 2.04. The van der Waals surface area contributed by atoms with Crippen LogP contribution in [-0.4, -0.2) is 13.6 Å². The van der Waals surface area contributed by atoms with Crippen molar-refractivity contribution in [2.24, 2.45) is 0 Å². The highest BCUT2D eigenvalue weighted by Gasteiger charge is 2.12. The molecule has 0 aliphatic rings. The predicted octanol–water partition coefficient (Wildman–Crippen LogP) is 6.21. The van der Waals surface area contributed by atoms with Crippen molar-refractivity contribution in [2.75, 3.05) is 13.6 Å². The third-order valence-corrected chi connectivity index (χ3v) is 4.97. The lowest BCUT2D eigenvalue weighted by molar-refractivity contribution is 0.725. The Labute approximate surface area is 163 Å². The highest BCUT2D eigenvalue weighted by molar-refractivity contribution is 5.98. The first-order chi connectivity index (χ1) is 13.3. The zero-order valence-electron chi connectivity index (χ0n) is 16.4. The van der Waals surface area contributed by atoms with E-state index in [1.165, 1.54) is 39.8 Å². The second-order valence-corrected chi connectivity index (χ2v) is 6.84. The molecule has 0 radical (unpaired) electrons. The number of allylic oxidation sites excluding steroid dienone is 1. The van der Waals surface area contributed by atoms with E-state index < -0.39 is 0 Å². The molecule has 0 spiro atoms. The van der Waals surface area contributed by atoms with Crippen LogP contribution in [0.5, 0.6) is 0 Å². The zero-order chi connectivity index (χ0) is 18.9. The minimum Gasteiger partial charge on any atom is -0.320 e. The van der Waals surface area contributed by atoms with E-state index >= 15 is 0 Å². The van der Waals surface area contributed by atoms with Crippen molar-refractivity contribution in [1.29, 1.82) is 0 Å². The topological polar surface area (TPSA) is 12.0 Å². The van der Waals surface area contributed by atoms with E-state index in [2.05, 4.69) is 97.2 Å². The Hall–Kier alpha value is -2.64. The van der Waals surface area contributed by atoms with Crippen molar-refractivity contribution in [3.05, 3.63) is 107 Å². The van der Waals surface area contributed by atoms with Gasteiger partial charge in [-0.2, -0.15) is 0 Å². The summed E-state index contributed by atoms with van der Waals surface area (Å²) in [5.41, 5.74) is 8.01. The predicted molar refractivity (Wildman–Crippen MR) is 118 cm³/mol. The SMILES string of the molecule is CC/C(=C(\c1ccccc1)c1ccc(CCCNC)cc1)c1ccccc1. The molecule has 0 aromatic heterocycles. The maximum Gasteiger partial charge on any atom is -0.00488 e. The van der Waals surface area contributed by atoms with Gasteiger partial charge in [0, 0.05) is 0 Å². The van der Waals surface area contributed by atoms with Crippen molar-refractivity contribution >= 4 is 11.1 Å². The second kappa shape index (κ2) is 9.89. The Kier molecular flexibility index (Phi) is 7.01. The summed E-state index contributed by atoms with van der Waals surface area (Å²) in [4.78, 5) is 0. The van der Waals surface area contributed by atoms with Crippen LogP contribution in [0.4, 0.5) is 0 Å². The summed E-state index contributed by atoms with van der Waals surface area (Å²) in [6, 6.07) is 30.7. The highest BCUT2D eigenvalue weighted by Crippen LogP contribution is 2.34. The normalized spacial score (nSPS) is 11.9. The first-order valence-corrected chi connectivity index (χ1v) is 9.91. The monoisotopic (exact) mass is 355 g/mol. The molecule has 0 amide bonds. The molecule has 27 heavy (non-hydrogen) atoms. The van der Waals surface area contributed by atoms with E-state index in [9.17, 15) is 0 Å². The van der Waals surface area contributed by atoms with Gasteiger partial charge in [0.1, 0.15) is 0 Å². The van der Waals surface area contributed by atoms with Crippen LogP contribution in [0, 0.1) is 0 Å². The van der Waals surface area contributed by atoms with Crippen molar-refractivity contribution in [3.63, 3.8) is 0 Å². The lowest BCUT2D eigenvalue weighted by Gasteiger charge is -2.16. The van der Waals surface area contributed by atoms with Gasteiger partial charge in [-0.05, 0) is 66.3 Å². The van der Waals surface area contributed by atoms with Crippen molar-refractivity contribution in [3.8, 4) is 0 Å². The van der Waals surface area contributed by atoms with Crippen LogP contribution >= 0.6 is 0 Å². The van der Waals surface area contributed by atoms with Gasteiger partial charge in [0.25, 0.3) is 0 Å². The number of hydrogen-bond donors (Lipinski definition) is 1. The quantitative estimate of drug-likeness (QED) is 0.374. The minimum atomic E-state index is 0.998. The van der Waals surface area contributed by atoms with Gasteiger partial charge in [-0.3, -0.25) is 0 Å². The average molecular weight is 356 g/mol. The summed E-state index contributed by atoms with van der Waals surface area (Å²) in [5, 5.41) is 3.22. The molecule has 0 bridgehead atoms. The third kappa shape index (κ3) is 4.96.